The first-order valence-electron chi connectivity index (χ1n) is 5.64. The third kappa shape index (κ3) is 2.86. The number of nitrogen functional groups attached to an aromatic ring is 1. The summed E-state index contributed by atoms with van der Waals surface area (Å²) in [5, 5.41) is 0.0252. The van der Waals surface area contributed by atoms with E-state index in [1.54, 1.807) is 13.0 Å². The van der Waals surface area contributed by atoms with Gasteiger partial charge in [0.1, 0.15) is 10.7 Å². The van der Waals surface area contributed by atoms with Crippen molar-refractivity contribution in [1.82, 2.24) is 0 Å². The maximum Gasteiger partial charge on any atom is 0.265 e. The van der Waals surface area contributed by atoms with Crippen molar-refractivity contribution in [3.8, 4) is 0 Å². The molecule has 106 valence electrons. The summed E-state index contributed by atoms with van der Waals surface area (Å²) in [6, 6.07) is 8.17. The fourth-order valence-corrected chi connectivity index (χ4v) is 3.56. The van der Waals surface area contributed by atoms with E-state index in [-0.39, 0.29) is 21.3 Å². The second kappa shape index (κ2) is 5.30. The first-order chi connectivity index (χ1) is 9.31. The second-order valence-electron chi connectivity index (χ2n) is 4.22. The molecule has 0 aliphatic rings. The molecule has 4 nitrogen and oxygen atoms in total. The molecule has 0 unspecified atom stereocenters. The highest BCUT2D eigenvalue weighted by Gasteiger charge is 2.21. The van der Waals surface area contributed by atoms with Gasteiger partial charge in [0.2, 0.25) is 0 Å². The van der Waals surface area contributed by atoms with Crippen molar-refractivity contribution >= 4 is 33.0 Å². The average molecular weight is 315 g/mol. The number of aryl methyl sites for hydroxylation is 1. The number of nitrogens with two attached hydrogens (primary N) is 1. The Hall–Kier alpha value is -1.79. The SMILES string of the molecule is Cc1cc(F)ccc1NS(=O)(=O)c1c(N)cccc1Cl. The molecular weight excluding hydrogens is 303 g/mol. The molecule has 0 fully saturated rings. The molecule has 7 heteroatoms. The standard InChI is InChI=1S/C13H12ClFN2O2S/c1-8-7-9(15)5-6-12(8)17-20(18,19)13-10(14)3-2-4-11(13)16/h2-7,17H,16H2,1H3. The summed E-state index contributed by atoms with van der Waals surface area (Å²) in [7, 11) is -3.94. The van der Waals surface area contributed by atoms with Crippen LogP contribution in [0.4, 0.5) is 15.8 Å². The van der Waals surface area contributed by atoms with Crippen molar-refractivity contribution in [2.75, 3.05) is 10.5 Å². The lowest BCUT2D eigenvalue weighted by Gasteiger charge is -2.13. The van der Waals surface area contributed by atoms with E-state index in [1.807, 2.05) is 0 Å². The number of benzene rings is 2. The Morgan fingerprint density at radius 1 is 1.25 bits per heavy atom. The molecule has 2 rings (SSSR count). The fraction of sp³-hybridized carbons (Fsp3) is 0.0769. The molecule has 0 aliphatic carbocycles. The summed E-state index contributed by atoms with van der Waals surface area (Å²) in [4.78, 5) is -0.189. The van der Waals surface area contributed by atoms with Crippen LogP contribution in [0.15, 0.2) is 41.3 Å². The van der Waals surface area contributed by atoms with E-state index >= 15 is 0 Å². The average Bonchev–Trinajstić information content (AvgIpc) is 2.32. The maximum atomic E-state index is 13.0. The van der Waals surface area contributed by atoms with Crippen molar-refractivity contribution in [3.63, 3.8) is 0 Å². The van der Waals surface area contributed by atoms with Gasteiger partial charge >= 0.3 is 0 Å². The van der Waals surface area contributed by atoms with Crippen LogP contribution < -0.4 is 10.5 Å². The highest BCUT2D eigenvalue weighted by molar-refractivity contribution is 7.93. The van der Waals surface area contributed by atoms with E-state index < -0.39 is 15.8 Å². The van der Waals surface area contributed by atoms with Crippen LogP contribution >= 0.6 is 11.6 Å². The Labute approximate surface area is 121 Å². The number of sulfonamides is 1. The van der Waals surface area contributed by atoms with Crippen molar-refractivity contribution in [2.45, 2.75) is 11.8 Å². The van der Waals surface area contributed by atoms with Gasteiger partial charge in [-0.3, -0.25) is 4.72 Å². The lowest BCUT2D eigenvalue weighted by Crippen LogP contribution is -2.16. The van der Waals surface area contributed by atoms with Crippen LogP contribution in [0.2, 0.25) is 5.02 Å². The lowest BCUT2D eigenvalue weighted by molar-refractivity contribution is 0.601. The molecule has 0 saturated carbocycles. The smallest absolute Gasteiger partial charge is 0.265 e. The predicted octanol–water partition coefficient (Wildman–Crippen LogP) is 3.17. The quantitative estimate of drug-likeness (QED) is 0.855. The second-order valence-corrected chi connectivity index (χ2v) is 6.25. The van der Waals surface area contributed by atoms with Crippen molar-refractivity contribution < 1.29 is 12.8 Å². The number of nitrogens with one attached hydrogen (secondary N) is 1. The summed E-state index contributed by atoms with van der Waals surface area (Å²) < 4.78 is 40.0. The topological polar surface area (TPSA) is 72.2 Å². The van der Waals surface area contributed by atoms with Crippen LogP contribution in [0.3, 0.4) is 0 Å². The Morgan fingerprint density at radius 2 is 1.95 bits per heavy atom. The molecule has 2 aromatic rings. The van der Waals surface area contributed by atoms with E-state index in [4.69, 9.17) is 17.3 Å². The number of hydrogen-bond donors (Lipinski definition) is 2. The minimum Gasteiger partial charge on any atom is -0.398 e. The van der Waals surface area contributed by atoms with Crippen LogP contribution in [-0.2, 0) is 10.0 Å². The van der Waals surface area contributed by atoms with Crippen LogP contribution in [0.1, 0.15) is 5.56 Å². The number of hydrogen-bond acceptors (Lipinski definition) is 3. The Balaban J connectivity index is 2.46. The van der Waals surface area contributed by atoms with Crippen molar-refractivity contribution in [3.05, 3.63) is 52.8 Å². The van der Waals surface area contributed by atoms with Gasteiger partial charge in [-0.2, -0.15) is 0 Å². The third-order valence-corrected chi connectivity index (χ3v) is 4.61. The molecule has 0 atom stereocenters. The van der Waals surface area contributed by atoms with Gasteiger partial charge in [-0.1, -0.05) is 17.7 Å². The van der Waals surface area contributed by atoms with E-state index in [1.165, 1.54) is 30.3 Å². The van der Waals surface area contributed by atoms with E-state index in [0.29, 0.717) is 5.56 Å². The molecule has 20 heavy (non-hydrogen) atoms. The number of anilines is 2. The zero-order valence-electron chi connectivity index (χ0n) is 10.5. The first kappa shape index (κ1) is 14.6. The molecule has 0 radical (unpaired) electrons. The van der Waals surface area contributed by atoms with Crippen LogP contribution in [-0.4, -0.2) is 8.42 Å². The summed E-state index contributed by atoms with van der Waals surface area (Å²) in [6.07, 6.45) is 0. The largest absolute Gasteiger partial charge is 0.398 e. The van der Waals surface area contributed by atoms with E-state index in [2.05, 4.69) is 4.72 Å². The molecule has 0 spiro atoms. The van der Waals surface area contributed by atoms with Gasteiger partial charge in [0, 0.05) is 0 Å². The zero-order valence-corrected chi connectivity index (χ0v) is 12.1. The number of rotatable bonds is 3. The van der Waals surface area contributed by atoms with Gasteiger partial charge in [-0.05, 0) is 42.8 Å². The maximum absolute atomic E-state index is 13.0. The molecule has 0 heterocycles. The lowest BCUT2D eigenvalue weighted by atomic mass is 10.2. The zero-order chi connectivity index (χ0) is 14.9. The Kier molecular flexibility index (Phi) is 3.87. The summed E-state index contributed by atoms with van der Waals surface area (Å²) in [6.45, 7) is 1.59. The van der Waals surface area contributed by atoms with E-state index in [0.717, 1.165) is 0 Å². The fourth-order valence-electron chi connectivity index (χ4n) is 1.75. The molecule has 0 bridgehead atoms. The molecule has 0 aromatic heterocycles. The van der Waals surface area contributed by atoms with Crippen molar-refractivity contribution in [2.24, 2.45) is 0 Å². The minimum atomic E-state index is -3.94. The summed E-state index contributed by atoms with van der Waals surface area (Å²) in [5.74, 6) is -0.442. The van der Waals surface area contributed by atoms with Gasteiger partial charge in [0.15, 0.2) is 0 Å². The monoisotopic (exact) mass is 314 g/mol. The molecule has 0 aliphatic heterocycles. The number of halogens is 2. The molecule has 0 amide bonds. The van der Waals surface area contributed by atoms with Gasteiger partial charge in [0.05, 0.1) is 16.4 Å². The third-order valence-electron chi connectivity index (χ3n) is 2.70. The highest BCUT2D eigenvalue weighted by Crippen LogP contribution is 2.29. The minimum absolute atomic E-state index is 0.0252. The Bertz CT molecular complexity index is 743. The van der Waals surface area contributed by atoms with Crippen molar-refractivity contribution in [1.29, 1.82) is 0 Å². The molecular formula is C13H12ClFN2O2S. The van der Waals surface area contributed by atoms with E-state index in [9.17, 15) is 12.8 Å². The summed E-state index contributed by atoms with van der Waals surface area (Å²) >= 11 is 5.89. The van der Waals surface area contributed by atoms with Gasteiger partial charge in [-0.15, -0.1) is 0 Å². The van der Waals surface area contributed by atoms with Crippen LogP contribution in [0.25, 0.3) is 0 Å². The van der Waals surface area contributed by atoms with Gasteiger partial charge in [-0.25, -0.2) is 12.8 Å². The van der Waals surface area contributed by atoms with Crippen LogP contribution in [0.5, 0.6) is 0 Å². The van der Waals surface area contributed by atoms with Gasteiger partial charge in [0.25, 0.3) is 10.0 Å². The molecule has 2 aromatic carbocycles. The first-order valence-corrected chi connectivity index (χ1v) is 7.50. The molecule has 3 N–H and O–H groups in total. The normalized spacial score (nSPS) is 11.3. The van der Waals surface area contributed by atoms with Gasteiger partial charge < -0.3 is 5.73 Å². The van der Waals surface area contributed by atoms with Crippen LogP contribution in [0, 0.1) is 12.7 Å². The highest BCUT2D eigenvalue weighted by atomic mass is 35.5. The predicted molar refractivity (Wildman–Crippen MR) is 77.8 cm³/mol. The Morgan fingerprint density at radius 3 is 2.55 bits per heavy atom. The summed E-state index contributed by atoms with van der Waals surface area (Å²) in [5.41, 5.74) is 6.43. The molecule has 0 saturated heterocycles.